The maximum Gasteiger partial charge on any atom is 0.317 e. The van der Waals surface area contributed by atoms with E-state index in [2.05, 4.69) is 10.6 Å². The Morgan fingerprint density at radius 1 is 1.28 bits per heavy atom. The third-order valence-electron chi connectivity index (χ3n) is 5.23. The van der Waals surface area contributed by atoms with E-state index in [1.54, 1.807) is 12.1 Å². The molecular weight excluding hydrogens is 322 g/mol. The predicted octanol–water partition coefficient (Wildman–Crippen LogP) is 2.18. The number of carbonyl (C=O) groups excluding carboxylic acids is 2. The van der Waals surface area contributed by atoms with E-state index in [1.165, 1.54) is 0 Å². The second-order valence-corrected chi connectivity index (χ2v) is 7.45. The van der Waals surface area contributed by atoms with E-state index in [1.807, 2.05) is 24.8 Å². The Labute approximate surface area is 146 Å². The minimum atomic E-state index is -0.0469. The van der Waals surface area contributed by atoms with Gasteiger partial charge >= 0.3 is 6.03 Å². The maximum absolute atomic E-state index is 12.6. The fourth-order valence-electron chi connectivity index (χ4n) is 3.78. The van der Waals surface area contributed by atoms with E-state index in [0.717, 1.165) is 12.8 Å². The van der Waals surface area contributed by atoms with Gasteiger partial charge in [0.15, 0.2) is 11.5 Å². The second-order valence-electron chi connectivity index (χ2n) is 7.45. The number of urea groups is 1. The van der Waals surface area contributed by atoms with Crippen LogP contribution in [0.4, 0.5) is 10.5 Å². The second kappa shape index (κ2) is 5.82. The molecule has 0 unspecified atom stereocenters. The molecule has 7 heteroatoms. The molecule has 2 aliphatic heterocycles. The molecule has 0 bridgehead atoms. The molecule has 1 saturated carbocycles. The molecule has 1 aromatic carbocycles. The number of nitrogens with zero attached hydrogens (tertiary/aromatic N) is 1. The van der Waals surface area contributed by atoms with Gasteiger partial charge in [-0.15, -0.1) is 0 Å². The number of fused-ring (bicyclic) bond motifs is 1. The lowest BCUT2D eigenvalue weighted by molar-refractivity contribution is -0.118. The molecule has 4 rings (SSSR count). The fraction of sp³-hybridized carbons (Fsp3) is 0.556. The summed E-state index contributed by atoms with van der Waals surface area (Å²) in [5.41, 5.74) is 0.665. The van der Waals surface area contributed by atoms with E-state index in [9.17, 15) is 9.59 Å². The quantitative estimate of drug-likeness (QED) is 0.880. The number of carbonyl (C=O) groups is 2. The van der Waals surface area contributed by atoms with Crippen molar-refractivity contribution in [2.45, 2.75) is 32.7 Å². The van der Waals surface area contributed by atoms with Crippen LogP contribution in [-0.2, 0) is 4.79 Å². The summed E-state index contributed by atoms with van der Waals surface area (Å²) in [5.74, 6) is 1.34. The molecule has 134 valence electrons. The third kappa shape index (κ3) is 2.99. The van der Waals surface area contributed by atoms with Crippen LogP contribution in [0.1, 0.15) is 26.7 Å². The summed E-state index contributed by atoms with van der Waals surface area (Å²) in [6.45, 7) is 5.48. The Kier molecular flexibility index (Phi) is 3.74. The number of ether oxygens (including phenoxy) is 2. The van der Waals surface area contributed by atoms with Gasteiger partial charge in [0.05, 0.1) is 0 Å². The summed E-state index contributed by atoms with van der Waals surface area (Å²) in [4.78, 5) is 26.6. The minimum absolute atomic E-state index is 0.0185. The number of likely N-dealkylation sites (tertiary alicyclic amines) is 1. The number of benzene rings is 1. The standard InChI is InChI=1S/C18H23N3O4/c1-11(2)19-17(23)21-6-5-18(9-21)8-13(18)16(22)20-12-3-4-14-15(7-12)25-10-24-14/h3-4,7,11,13H,5-6,8-10H2,1-2H3,(H,19,23)(H,20,22)/t13-,18-/m1/s1. The largest absolute Gasteiger partial charge is 0.454 e. The highest BCUT2D eigenvalue weighted by Crippen LogP contribution is 2.58. The smallest absolute Gasteiger partial charge is 0.317 e. The van der Waals surface area contributed by atoms with Gasteiger partial charge in [-0.05, 0) is 38.8 Å². The molecule has 1 aromatic rings. The van der Waals surface area contributed by atoms with Crippen molar-refractivity contribution in [1.82, 2.24) is 10.2 Å². The molecule has 1 saturated heterocycles. The van der Waals surface area contributed by atoms with Crippen molar-refractivity contribution in [3.63, 3.8) is 0 Å². The molecule has 25 heavy (non-hydrogen) atoms. The maximum atomic E-state index is 12.6. The molecule has 1 spiro atoms. The number of anilines is 1. The number of hydrogen-bond donors (Lipinski definition) is 2. The SMILES string of the molecule is CC(C)NC(=O)N1CC[C@@]2(C[C@@H]2C(=O)Nc2ccc3c(c2)OCO3)C1. The van der Waals surface area contributed by atoms with Crippen molar-refractivity contribution in [3.05, 3.63) is 18.2 Å². The number of amides is 3. The summed E-state index contributed by atoms with van der Waals surface area (Å²) >= 11 is 0. The van der Waals surface area contributed by atoms with Crippen LogP contribution in [0.5, 0.6) is 11.5 Å². The Balaban J connectivity index is 1.35. The van der Waals surface area contributed by atoms with Crippen molar-refractivity contribution >= 4 is 17.6 Å². The molecule has 3 amide bonds. The van der Waals surface area contributed by atoms with Crippen LogP contribution < -0.4 is 20.1 Å². The Hall–Kier alpha value is -2.44. The molecule has 2 N–H and O–H groups in total. The number of nitrogens with one attached hydrogen (secondary N) is 2. The molecule has 1 aliphatic carbocycles. The molecule has 3 aliphatic rings. The van der Waals surface area contributed by atoms with Crippen molar-refractivity contribution < 1.29 is 19.1 Å². The van der Waals surface area contributed by atoms with Gasteiger partial charge in [0, 0.05) is 42.2 Å². The van der Waals surface area contributed by atoms with E-state index < -0.39 is 0 Å². The summed E-state index contributed by atoms with van der Waals surface area (Å²) in [7, 11) is 0. The first kappa shape index (κ1) is 16.1. The highest BCUT2D eigenvalue weighted by atomic mass is 16.7. The Bertz CT molecular complexity index is 720. The zero-order valence-corrected chi connectivity index (χ0v) is 14.5. The van der Waals surface area contributed by atoms with Gasteiger partial charge in [0.25, 0.3) is 0 Å². The molecular formula is C18H23N3O4. The lowest BCUT2D eigenvalue weighted by atomic mass is 10.0. The van der Waals surface area contributed by atoms with Gasteiger partial charge in [0.2, 0.25) is 12.7 Å². The minimum Gasteiger partial charge on any atom is -0.454 e. The zero-order valence-electron chi connectivity index (χ0n) is 14.5. The highest BCUT2D eigenvalue weighted by molar-refractivity contribution is 5.95. The Morgan fingerprint density at radius 3 is 2.88 bits per heavy atom. The first-order chi connectivity index (χ1) is 12.0. The van der Waals surface area contributed by atoms with Crippen LogP contribution >= 0.6 is 0 Å². The predicted molar refractivity (Wildman–Crippen MR) is 91.6 cm³/mol. The zero-order chi connectivity index (χ0) is 17.6. The lowest BCUT2D eigenvalue weighted by Gasteiger charge is -2.19. The lowest BCUT2D eigenvalue weighted by Crippen LogP contribution is -2.42. The Morgan fingerprint density at radius 2 is 2.08 bits per heavy atom. The van der Waals surface area contributed by atoms with Gasteiger partial charge in [-0.25, -0.2) is 4.79 Å². The van der Waals surface area contributed by atoms with E-state index in [4.69, 9.17) is 9.47 Å². The van der Waals surface area contributed by atoms with Crippen LogP contribution in [0.15, 0.2) is 18.2 Å². The molecule has 7 nitrogen and oxygen atoms in total. The molecule has 2 atom stereocenters. The van der Waals surface area contributed by atoms with Crippen molar-refractivity contribution in [2.75, 3.05) is 25.2 Å². The molecule has 0 aromatic heterocycles. The topological polar surface area (TPSA) is 79.9 Å². The van der Waals surface area contributed by atoms with Gasteiger partial charge in [0.1, 0.15) is 0 Å². The molecule has 2 fully saturated rings. The summed E-state index contributed by atoms with van der Waals surface area (Å²) in [6, 6.07) is 5.49. The fourth-order valence-corrected chi connectivity index (χ4v) is 3.78. The summed E-state index contributed by atoms with van der Waals surface area (Å²) in [5, 5.41) is 5.89. The average Bonchev–Trinajstić information content (AvgIpc) is 2.90. The first-order valence-corrected chi connectivity index (χ1v) is 8.73. The van der Waals surface area contributed by atoms with E-state index in [0.29, 0.717) is 30.3 Å². The normalized spacial score (nSPS) is 26.2. The highest BCUT2D eigenvalue weighted by Gasteiger charge is 2.61. The summed E-state index contributed by atoms with van der Waals surface area (Å²) < 4.78 is 10.6. The van der Waals surface area contributed by atoms with Crippen molar-refractivity contribution in [2.24, 2.45) is 11.3 Å². The van der Waals surface area contributed by atoms with Crippen LogP contribution in [-0.4, -0.2) is 42.8 Å². The number of hydrogen-bond acceptors (Lipinski definition) is 4. The van der Waals surface area contributed by atoms with Crippen molar-refractivity contribution in [3.8, 4) is 11.5 Å². The monoisotopic (exact) mass is 345 g/mol. The molecule has 0 radical (unpaired) electrons. The van der Waals surface area contributed by atoms with Gasteiger partial charge < -0.3 is 25.0 Å². The average molecular weight is 345 g/mol. The number of rotatable bonds is 3. The van der Waals surface area contributed by atoms with E-state index in [-0.39, 0.29) is 36.1 Å². The molecule has 2 heterocycles. The first-order valence-electron chi connectivity index (χ1n) is 8.73. The van der Waals surface area contributed by atoms with Gasteiger partial charge in [-0.3, -0.25) is 4.79 Å². The van der Waals surface area contributed by atoms with Gasteiger partial charge in [-0.2, -0.15) is 0 Å². The van der Waals surface area contributed by atoms with Gasteiger partial charge in [-0.1, -0.05) is 0 Å². The van der Waals surface area contributed by atoms with Crippen molar-refractivity contribution in [1.29, 1.82) is 0 Å². The summed E-state index contributed by atoms with van der Waals surface area (Å²) in [6.07, 6.45) is 1.73. The van der Waals surface area contributed by atoms with Crippen LogP contribution in [0.25, 0.3) is 0 Å². The third-order valence-corrected chi connectivity index (χ3v) is 5.23. The van der Waals surface area contributed by atoms with Crippen LogP contribution in [0.3, 0.4) is 0 Å². The van der Waals surface area contributed by atoms with E-state index >= 15 is 0 Å². The van der Waals surface area contributed by atoms with Crippen LogP contribution in [0, 0.1) is 11.3 Å². The van der Waals surface area contributed by atoms with Crippen LogP contribution in [0.2, 0.25) is 0 Å².